The van der Waals surface area contributed by atoms with Crippen LogP contribution in [0.5, 0.6) is 0 Å². The molecule has 142 valence electrons. The lowest BCUT2D eigenvalue weighted by Crippen LogP contribution is -2.39. The van der Waals surface area contributed by atoms with Crippen molar-refractivity contribution >= 4 is 11.7 Å². The van der Waals surface area contributed by atoms with Gasteiger partial charge in [-0.1, -0.05) is 0 Å². The van der Waals surface area contributed by atoms with Crippen LogP contribution in [0.2, 0.25) is 0 Å². The van der Waals surface area contributed by atoms with E-state index in [1.807, 2.05) is 36.2 Å². The number of amides is 1. The van der Waals surface area contributed by atoms with Crippen molar-refractivity contribution in [2.24, 2.45) is 0 Å². The highest BCUT2D eigenvalue weighted by Gasteiger charge is 2.27. The van der Waals surface area contributed by atoms with E-state index in [1.54, 1.807) is 30.9 Å². The van der Waals surface area contributed by atoms with E-state index in [1.165, 1.54) is 0 Å². The Morgan fingerprint density at radius 3 is 2.68 bits per heavy atom. The van der Waals surface area contributed by atoms with Crippen LogP contribution in [0.4, 0.5) is 5.82 Å². The summed E-state index contributed by atoms with van der Waals surface area (Å²) in [6, 6.07) is 9.40. The summed E-state index contributed by atoms with van der Waals surface area (Å²) in [6.45, 7) is 1.39. The van der Waals surface area contributed by atoms with Gasteiger partial charge in [0.2, 0.25) is 0 Å². The molecule has 0 spiro atoms. The largest absolute Gasteiger partial charge is 0.373 e. The van der Waals surface area contributed by atoms with Crippen LogP contribution in [0.25, 0.3) is 11.4 Å². The van der Waals surface area contributed by atoms with Crippen LogP contribution < -0.4 is 5.32 Å². The van der Waals surface area contributed by atoms with Gasteiger partial charge in [-0.05, 0) is 37.1 Å². The van der Waals surface area contributed by atoms with Gasteiger partial charge in [0.25, 0.3) is 5.91 Å². The molecule has 0 saturated carbocycles. The molecular weight excluding hydrogens is 352 g/mol. The zero-order valence-electron chi connectivity index (χ0n) is 15.7. The van der Waals surface area contributed by atoms with Crippen LogP contribution in [0.15, 0.2) is 55.1 Å². The van der Waals surface area contributed by atoms with Gasteiger partial charge in [0.05, 0.1) is 11.3 Å². The molecule has 3 aromatic rings. The Hall–Kier alpha value is -3.35. The second kappa shape index (κ2) is 8.12. The topological polar surface area (TPSA) is 83.9 Å². The summed E-state index contributed by atoms with van der Waals surface area (Å²) in [7, 11) is 1.85. The first-order chi connectivity index (χ1) is 13.7. The van der Waals surface area contributed by atoms with Crippen LogP contribution in [0.3, 0.4) is 0 Å². The lowest BCUT2D eigenvalue weighted by atomic mass is 9.94. The highest BCUT2D eigenvalue weighted by atomic mass is 16.2. The second-order valence-corrected chi connectivity index (χ2v) is 6.83. The molecule has 7 nitrogen and oxygen atoms in total. The molecule has 7 heteroatoms. The van der Waals surface area contributed by atoms with Crippen molar-refractivity contribution in [2.75, 3.05) is 25.5 Å². The molecule has 1 N–H and O–H groups in total. The maximum absolute atomic E-state index is 12.8. The van der Waals surface area contributed by atoms with Crippen molar-refractivity contribution in [1.82, 2.24) is 24.8 Å². The van der Waals surface area contributed by atoms with Crippen molar-refractivity contribution in [1.29, 1.82) is 0 Å². The smallest absolute Gasteiger partial charge is 0.255 e. The van der Waals surface area contributed by atoms with E-state index in [0.29, 0.717) is 17.9 Å². The summed E-state index contributed by atoms with van der Waals surface area (Å²) < 4.78 is 0. The predicted octanol–water partition coefficient (Wildman–Crippen LogP) is 3.00. The van der Waals surface area contributed by atoms with Gasteiger partial charge in [0.1, 0.15) is 5.82 Å². The molecule has 1 aliphatic rings. The fraction of sp³-hybridized carbons (Fsp3) is 0.286. The van der Waals surface area contributed by atoms with Gasteiger partial charge in [-0.25, -0.2) is 9.97 Å². The molecule has 0 aromatic carbocycles. The zero-order chi connectivity index (χ0) is 19.3. The zero-order valence-corrected chi connectivity index (χ0v) is 15.7. The summed E-state index contributed by atoms with van der Waals surface area (Å²) in [6.07, 6.45) is 8.72. The number of carbonyl (C=O) groups excluding carboxylic acids is 1. The maximum Gasteiger partial charge on any atom is 0.255 e. The normalized spacial score (nSPS) is 16.6. The van der Waals surface area contributed by atoms with Crippen LogP contribution >= 0.6 is 0 Å². The number of anilines is 1. The summed E-state index contributed by atoms with van der Waals surface area (Å²) >= 11 is 0. The molecule has 4 heterocycles. The molecule has 0 aliphatic carbocycles. The third-order valence-electron chi connectivity index (χ3n) is 4.96. The quantitative estimate of drug-likeness (QED) is 0.756. The molecule has 0 bridgehead atoms. The molecular formula is C21H22N6O. The Morgan fingerprint density at radius 2 is 1.96 bits per heavy atom. The molecule has 0 unspecified atom stereocenters. The van der Waals surface area contributed by atoms with E-state index in [0.717, 1.165) is 36.5 Å². The SMILES string of the molecule is CNc1cc([C@@H]2CCCN(C(=O)c3cccnc3)C2)nc(-c2cccnc2)n1. The van der Waals surface area contributed by atoms with Gasteiger partial charge in [-0.3, -0.25) is 14.8 Å². The second-order valence-electron chi connectivity index (χ2n) is 6.83. The molecule has 3 aromatic heterocycles. The number of nitrogens with zero attached hydrogens (tertiary/aromatic N) is 5. The number of likely N-dealkylation sites (tertiary alicyclic amines) is 1. The number of pyridine rings is 2. The first kappa shape index (κ1) is 18.0. The number of piperidine rings is 1. The third kappa shape index (κ3) is 3.83. The average Bonchev–Trinajstić information content (AvgIpc) is 2.79. The third-order valence-corrected chi connectivity index (χ3v) is 4.96. The molecule has 1 fully saturated rings. The Kier molecular flexibility index (Phi) is 5.23. The van der Waals surface area contributed by atoms with Gasteiger partial charge in [0.15, 0.2) is 5.82 Å². The molecule has 1 aliphatic heterocycles. The van der Waals surface area contributed by atoms with E-state index < -0.39 is 0 Å². The van der Waals surface area contributed by atoms with E-state index in [2.05, 4.69) is 20.3 Å². The number of hydrogen-bond acceptors (Lipinski definition) is 6. The highest BCUT2D eigenvalue weighted by molar-refractivity contribution is 5.94. The van der Waals surface area contributed by atoms with Gasteiger partial charge in [0, 0.05) is 62.5 Å². The van der Waals surface area contributed by atoms with Crippen molar-refractivity contribution in [2.45, 2.75) is 18.8 Å². The van der Waals surface area contributed by atoms with E-state index in [-0.39, 0.29) is 11.8 Å². The summed E-state index contributed by atoms with van der Waals surface area (Å²) in [5.74, 6) is 1.60. The predicted molar refractivity (Wildman–Crippen MR) is 107 cm³/mol. The number of nitrogens with one attached hydrogen (secondary N) is 1. The minimum atomic E-state index is 0.0215. The Labute approximate surface area is 163 Å². The van der Waals surface area contributed by atoms with E-state index >= 15 is 0 Å². The Bertz CT molecular complexity index is 948. The van der Waals surface area contributed by atoms with E-state index in [4.69, 9.17) is 4.98 Å². The maximum atomic E-state index is 12.8. The molecule has 4 rings (SSSR count). The minimum Gasteiger partial charge on any atom is -0.373 e. The van der Waals surface area contributed by atoms with Crippen molar-refractivity contribution in [3.63, 3.8) is 0 Å². The lowest BCUT2D eigenvalue weighted by Gasteiger charge is -2.32. The lowest BCUT2D eigenvalue weighted by molar-refractivity contribution is 0.0705. The van der Waals surface area contributed by atoms with Gasteiger partial charge in [-0.15, -0.1) is 0 Å². The standard InChI is InChI=1S/C21H22N6O/c1-22-19-11-18(25-20(26-19)15-5-2-8-23-12-15)17-7-4-10-27(14-17)21(28)16-6-3-9-24-13-16/h2-3,5-6,8-9,11-13,17H,4,7,10,14H2,1H3,(H,22,25,26)/t17-/m1/s1. The molecule has 0 radical (unpaired) electrons. The van der Waals surface area contributed by atoms with Crippen LogP contribution in [-0.4, -0.2) is 50.9 Å². The fourth-order valence-corrected chi connectivity index (χ4v) is 3.50. The Morgan fingerprint density at radius 1 is 1.14 bits per heavy atom. The van der Waals surface area contributed by atoms with E-state index in [9.17, 15) is 4.79 Å². The number of rotatable bonds is 4. The monoisotopic (exact) mass is 374 g/mol. The van der Waals surface area contributed by atoms with Gasteiger partial charge < -0.3 is 10.2 Å². The molecule has 1 amide bonds. The average molecular weight is 374 g/mol. The first-order valence-corrected chi connectivity index (χ1v) is 9.41. The van der Waals surface area contributed by atoms with Gasteiger partial charge >= 0.3 is 0 Å². The summed E-state index contributed by atoms with van der Waals surface area (Å²) in [5.41, 5.74) is 2.44. The number of aromatic nitrogens is 4. The van der Waals surface area contributed by atoms with Crippen LogP contribution in [0, 0.1) is 0 Å². The Balaban J connectivity index is 1.60. The fourth-order valence-electron chi connectivity index (χ4n) is 3.50. The summed E-state index contributed by atoms with van der Waals surface area (Å²) in [5, 5.41) is 3.12. The van der Waals surface area contributed by atoms with Crippen molar-refractivity contribution in [3.05, 3.63) is 66.4 Å². The molecule has 1 atom stereocenters. The highest BCUT2D eigenvalue weighted by Crippen LogP contribution is 2.29. The minimum absolute atomic E-state index is 0.0215. The van der Waals surface area contributed by atoms with Crippen LogP contribution in [-0.2, 0) is 0 Å². The van der Waals surface area contributed by atoms with Gasteiger partial charge in [-0.2, -0.15) is 0 Å². The molecule has 1 saturated heterocycles. The first-order valence-electron chi connectivity index (χ1n) is 9.41. The van der Waals surface area contributed by atoms with Crippen LogP contribution in [0.1, 0.15) is 34.8 Å². The van der Waals surface area contributed by atoms with Crippen molar-refractivity contribution < 1.29 is 4.79 Å². The number of hydrogen-bond donors (Lipinski definition) is 1. The number of carbonyl (C=O) groups is 1. The molecule has 28 heavy (non-hydrogen) atoms. The summed E-state index contributed by atoms with van der Waals surface area (Å²) in [4.78, 5) is 32.3. The van der Waals surface area contributed by atoms with Crippen molar-refractivity contribution in [3.8, 4) is 11.4 Å².